The third-order valence-corrected chi connectivity index (χ3v) is 3.85. The van der Waals surface area contributed by atoms with Gasteiger partial charge in [0.25, 0.3) is 0 Å². The molecule has 1 atom stereocenters. The molecular weight excluding hydrogens is 262 g/mol. The van der Waals surface area contributed by atoms with E-state index in [2.05, 4.69) is 31.0 Å². The monoisotopic (exact) mass is 291 g/mol. The minimum absolute atomic E-state index is 0.322. The van der Waals surface area contributed by atoms with Gasteiger partial charge in [0, 0.05) is 12.6 Å². The van der Waals surface area contributed by atoms with Gasteiger partial charge in [0.15, 0.2) is 0 Å². The Morgan fingerprint density at radius 1 is 1.29 bits per heavy atom. The molecule has 1 rings (SSSR count). The summed E-state index contributed by atoms with van der Waals surface area (Å²) in [4.78, 5) is 14.6. The fourth-order valence-corrected chi connectivity index (χ4v) is 2.69. The van der Waals surface area contributed by atoms with Crippen molar-refractivity contribution < 1.29 is 4.79 Å². The maximum Gasteiger partial charge on any atom is 0.243 e. The number of amides is 1. The Bertz CT molecular complexity index is 433. The van der Waals surface area contributed by atoms with E-state index in [9.17, 15) is 4.79 Å². The zero-order chi connectivity index (χ0) is 15.9. The molecule has 3 N–H and O–H groups in total. The molecule has 1 unspecified atom stereocenters. The molecule has 0 heterocycles. The van der Waals surface area contributed by atoms with Gasteiger partial charge in [-0.3, -0.25) is 15.0 Å². The van der Waals surface area contributed by atoms with Gasteiger partial charge in [-0.25, -0.2) is 0 Å². The van der Waals surface area contributed by atoms with Crippen LogP contribution in [-0.4, -0.2) is 36.5 Å². The molecule has 0 radical (unpaired) electrons. The van der Waals surface area contributed by atoms with Crippen LogP contribution in [0.4, 0.5) is 0 Å². The number of nitrogens with two attached hydrogens (primary N) is 1. The van der Waals surface area contributed by atoms with Gasteiger partial charge in [-0.15, -0.1) is 0 Å². The summed E-state index contributed by atoms with van der Waals surface area (Å²) in [5, 5.41) is 3.34. The second-order valence-electron chi connectivity index (χ2n) is 5.73. The first kappa shape index (κ1) is 17.7. The molecule has 0 aromatic heterocycles. The van der Waals surface area contributed by atoms with Crippen molar-refractivity contribution in [3.8, 4) is 0 Å². The number of hydrogen-bond acceptors (Lipinski definition) is 3. The van der Waals surface area contributed by atoms with Crippen LogP contribution in [0.3, 0.4) is 0 Å². The van der Waals surface area contributed by atoms with Gasteiger partial charge >= 0.3 is 0 Å². The van der Waals surface area contributed by atoms with Crippen molar-refractivity contribution in [1.82, 2.24) is 10.2 Å². The predicted molar refractivity (Wildman–Crippen MR) is 88.0 cm³/mol. The molecule has 118 valence electrons. The lowest BCUT2D eigenvalue weighted by Gasteiger charge is -2.38. The molecule has 0 fully saturated rings. The van der Waals surface area contributed by atoms with Crippen molar-refractivity contribution in [3.63, 3.8) is 0 Å². The molecule has 1 amide bonds. The SMILES string of the molecule is CCCN(CC(NCC)(C(N)=O)c1ccccc1)C(C)C. The van der Waals surface area contributed by atoms with Crippen molar-refractivity contribution >= 4 is 5.91 Å². The molecule has 0 saturated heterocycles. The Balaban J connectivity index is 3.20. The number of nitrogens with zero attached hydrogens (tertiary/aromatic N) is 1. The summed E-state index contributed by atoms with van der Waals surface area (Å²) in [5.74, 6) is -0.322. The van der Waals surface area contributed by atoms with Crippen LogP contribution >= 0.6 is 0 Å². The molecule has 21 heavy (non-hydrogen) atoms. The molecular formula is C17H29N3O. The van der Waals surface area contributed by atoms with Gasteiger partial charge < -0.3 is 5.73 Å². The van der Waals surface area contributed by atoms with Crippen LogP contribution in [0.5, 0.6) is 0 Å². The summed E-state index contributed by atoms with van der Waals surface area (Å²) in [6.07, 6.45) is 1.05. The van der Waals surface area contributed by atoms with E-state index in [1.807, 2.05) is 37.3 Å². The maximum absolute atomic E-state index is 12.3. The summed E-state index contributed by atoms with van der Waals surface area (Å²) in [7, 11) is 0. The number of carbonyl (C=O) groups is 1. The molecule has 0 spiro atoms. The summed E-state index contributed by atoms with van der Waals surface area (Å²) >= 11 is 0. The predicted octanol–water partition coefficient (Wildman–Crippen LogP) is 2.10. The lowest BCUT2D eigenvalue weighted by atomic mass is 9.87. The first-order valence-corrected chi connectivity index (χ1v) is 7.82. The number of rotatable bonds is 9. The Kier molecular flexibility index (Phi) is 6.85. The number of primary amides is 1. The zero-order valence-corrected chi connectivity index (χ0v) is 13.7. The third-order valence-electron chi connectivity index (χ3n) is 3.85. The first-order valence-electron chi connectivity index (χ1n) is 7.82. The van der Waals surface area contributed by atoms with E-state index in [0.29, 0.717) is 19.1 Å². The fraction of sp³-hybridized carbons (Fsp3) is 0.588. The Hall–Kier alpha value is -1.39. The molecule has 4 nitrogen and oxygen atoms in total. The Morgan fingerprint density at radius 2 is 1.90 bits per heavy atom. The Labute approximate surface area is 128 Å². The topological polar surface area (TPSA) is 58.4 Å². The van der Waals surface area contributed by atoms with Gasteiger partial charge in [0.1, 0.15) is 5.54 Å². The van der Waals surface area contributed by atoms with Crippen LogP contribution in [0.2, 0.25) is 0 Å². The number of carbonyl (C=O) groups excluding carboxylic acids is 1. The minimum Gasteiger partial charge on any atom is -0.368 e. The van der Waals surface area contributed by atoms with Crippen molar-refractivity contribution in [1.29, 1.82) is 0 Å². The second kappa shape index (κ2) is 8.15. The first-order chi connectivity index (χ1) is 9.97. The molecule has 0 aliphatic carbocycles. The van der Waals surface area contributed by atoms with Crippen LogP contribution in [0.1, 0.15) is 39.7 Å². The lowest BCUT2D eigenvalue weighted by molar-refractivity contribution is -0.126. The smallest absolute Gasteiger partial charge is 0.243 e. The van der Waals surface area contributed by atoms with Crippen molar-refractivity contribution in [2.45, 2.75) is 45.7 Å². The van der Waals surface area contributed by atoms with E-state index in [1.54, 1.807) is 0 Å². The molecule has 0 bridgehead atoms. The van der Waals surface area contributed by atoms with Crippen molar-refractivity contribution in [2.75, 3.05) is 19.6 Å². The van der Waals surface area contributed by atoms with E-state index >= 15 is 0 Å². The van der Waals surface area contributed by atoms with E-state index in [0.717, 1.165) is 18.5 Å². The Morgan fingerprint density at radius 3 is 2.33 bits per heavy atom. The fourth-order valence-electron chi connectivity index (χ4n) is 2.69. The average Bonchev–Trinajstić information content (AvgIpc) is 2.46. The van der Waals surface area contributed by atoms with Gasteiger partial charge in [0.05, 0.1) is 0 Å². The molecule has 1 aromatic rings. The third kappa shape index (κ3) is 4.29. The van der Waals surface area contributed by atoms with Crippen molar-refractivity contribution in [2.24, 2.45) is 5.73 Å². The van der Waals surface area contributed by atoms with Gasteiger partial charge in [-0.2, -0.15) is 0 Å². The van der Waals surface area contributed by atoms with Gasteiger partial charge in [-0.05, 0) is 38.9 Å². The second-order valence-corrected chi connectivity index (χ2v) is 5.73. The number of hydrogen-bond donors (Lipinski definition) is 2. The summed E-state index contributed by atoms with van der Waals surface area (Å²) < 4.78 is 0. The highest BCUT2D eigenvalue weighted by molar-refractivity contribution is 5.86. The largest absolute Gasteiger partial charge is 0.368 e. The van der Waals surface area contributed by atoms with E-state index in [4.69, 9.17) is 5.73 Å². The molecule has 1 aromatic carbocycles. The van der Waals surface area contributed by atoms with Crippen molar-refractivity contribution in [3.05, 3.63) is 35.9 Å². The summed E-state index contributed by atoms with van der Waals surface area (Å²) in [6.45, 7) is 10.7. The summed E-state index contributed by atoms with van der Waals surface area (Å²) in [5.41, 5.74) is 5.90. The van der Waals surface area contributed by atoms with E-state index in [1.165, 1.54) is 0 Å². The van der Waals surface area contributed by atoms with Crippen LogP contribution in [0, 0.1) is 0 Å². The van der Waals surface area contributed by atoms with E-state index in [-0.39, 0.29) is 5.91 Å². The highest BCUT2D eigenvalue weighted by Gasteiger charge is 2.39. The summed E-state index contributed by atoms with van der Waals surface area (Å²) in [6, 6.07) is 10.2. The standard InChI is InChI=1S/C17H29N3O/c1-5-12-20(14(3)4)13-17(16(18)21,19-6-2)15-10-8-7-9-11-15/h7-11,14,19H,5-6,12-13H2,1-4H3,(H2,18,21). The van der Waals surface area contributed by atoms with Crippen LogP contribution in [-0.2, 0) is 10.3 Å². The maximum atomic E-state index is 12.3. The van der Waals surface area contributed by atoms with Crippen LogP contribution < -0.4 is 11.1 Å². The normalized spacial score (nSPS) is 14.4. The van der Waals surface area contributed by atoms with Gasteiger partial charge in [0.2, 0.25) is 5.91 Å². The van der Waals surface area contributed by atoms with Crippen LogP contribution in [0.15, 0.2) is 30.3 Å². The zero-order valence-electron chi connectivity index (χ0n) is 13.7. The van der Waals surface area contributed by atoms with Crippen LogP contribution in [0.25, 0.3) is 0 Å². The number of nitrogens with one attached hydrogen (secondary N) is 1. The molecule has 0 aliphatic rings. The quantitative estimate of drug-likeness (QED) is 0.732. The molecule has 0 aliphatic heterocycles. The highest BCUT2D eigenvalue weighted by atomic mass is 16.1. The lowest BCUT2D eigenvalue weighted by Crippen LogP contribution is -2.60. The van der Waals surface area contributed by atoms with Gasteiger partial charge in [-0.1, -0.05) is 44.2 Å². The molecule has 0 saturated carbocycles. The minimum atomic E-state index is -0.838. The molecule has 4 heteroatoms. The van der Waals surface area contributed by atoms with E-state index < -0.39 is 5.54 Å². The highest BCUT2D eigenvalue weighted by Crippen LogP contribution is 2.23. The number of likely N-dealkylation sites (N-methyl/N-ethyl adjacent to an activating group) is 1. The average molecular weight is 291 g/mol. The number of benzene rings is 1.